The molecule has 1 aliphatic heterocycles. The zero-order chi connectivity index (χ0) is 12.8. The Morgan fingerprint density at radius 3 is 2.94 bits per heavy atom. The molecule has 0 bridgehead atoms. The first-order valence-electron chi connectivity index (χ1n) is 5.88. The first-order valence-corrected chi connectivity index (χ1v) is 6.86. The van der Waals surface area contributed by atoms with E-state index in [1.165, 1.54) is 11.8 Å². The number of nitriles is 1. The number of likely N-dealkylation sites (tertiary alicyclic amines) is 1. The van der Waals surface area contributed by atoms with Crippen molar-refractivity contribution in [2.75, 3.05) is 12.3 Å². The van der Waals surface area contributed by atoms with Crippen LogP contribution in [0.4, 0.5) is 0 Å². The number of nitrogens with zero attached hydrogens (tertiary/aromatic N) is 2. The third-order valence-corrected chi connectivity index (χ3v) is 4.04. The van der Waals surface area contributed by atoms with Crippen LogP contribution in [-0.4, -0.2) is 34.3 Å². The van der Waals surface area contributed by atoms with Gasteiger partial charge in [0.05, 0.1) is 12.5 Å². The van der Waals surface area contributed by atoms with Gasteiger partial charge < -0.3 is 4.90 Å². The van der Waals surface area contributed by atoms with E-state index < -0.39 is 0 Å². The molecule has 4 nitrogen and oxygen atoms in total. The van der Waals surface area contributed by atoms with Gasteiger partial charge in [-0.2, -0.15) is 5.26 Å². The number of thioether (sulfide) groups is 1. The Morgan fingerprint density at radius 1 is 1.71 bits per heavy atom. The maximum absolute atomic E-state index is 11.8. The Bertz CT molecular complexity index is 338. The molecule has 17 heavy (non-hydrogen) atoms. The number of rotatable bonds is 5. The summed E-state index contributed by atoms with van der Waals surface area (Å²) in [5, 5.41) is 8.82. The Labute approximate surface area is 106 Å². The summed E-state index contributed by atoms with van der Waals surface area (Å²) in [6.07, 6.45) is 1.73. The van der Waals surface area contributed by atoms with Gasteiger partial charge in [0.2, 0.25) is 5.91 Å². The van der Waals surface area contributed by atoms with Crippen molar-refractivity contribution in [1.82, 2.24) is 4.90 Å². The predicted octanol–water partition coefficient (Wildman–Crippen LogP) is 1.81. The van der Waals surface area contributed by atoms with Crippen LogP contribution in [0.1, 0.15) is 33.1 Å². The number of carbonyl (C=O) groups is 2. The summed E-state index contributed by atoms with van der Waals surface area (Å²) in [5.41, 5.74) is 0. The average molecular weight is 254 g/mol. The molecule has 1 amide bonds. The molecule has 1 fully saturated rings. The van der Waals surface area contributed by atoms with E-state index in [0.717, 1.165) is 6.42 Å². The van der Waals surface area contributed by atoms with Crippen molar-refractivity contribution in [1.29, 1.82) is 5.26 Å². The van der Waals surface area contributed by atoms with Crippen molar-refractivity contribution in [3.63, 3.8) is 0 Å². The van der Waals surface area contributed by atoms with E-state index in [1.807, 2.05) is 11.8 Å². The second-order valence-corrected chi connectivity index (χ2v) is 5.54. The largest absolute Gasteiger partial charge is 0.338 e. The highest BCUT2D eigenvalue weighted by atomic mass is 32.2. The average Bonchev–Trinajstić information content (AvgIpc) is 2.65. The molecule has 1 rings (SSSR count). The smallest absolute Gasteiger partial charge is 0.223 e. The number of carbonyl (C=O) groups excluding carboxylic acids is 2. The highest BCUT2D eigenvalue weighted by Gasteiger charge is 2.33. The minimum Gasteiger partial charge on any atom is -0.338 e. The lowest BCUT2D eigenvalue weighted by Crippen LogP contribution is -2.36. The molecule has 0 aromatic carbocycles. The summed E-state index contributed by atoms with van der Waals surface area (Å²) < 4.78 is 0. The van der Waals surface area contributed by atoms with Crippen molar-refractivity contribution in [3.05, 3.63) is 0 Å². The normalized spacial score (nSPS) is 21.4. The van der Waals surface area contributed by atoms with Crippen molar-refractivity contribution in [3.8, 4) is 6.07 Å². The van der Waals surface area contributed by atoms with Crippen LogP contribution in [-0.2, 0) is 9.59 Å². The summed E-state index contributed by atoms with van der Waals surface area (Å²) in [7, 11) is 0. The van der Waals surface area contributed by atoms with E-state index >= 15 is 0 Å². The minimum atomic E-state index is 0.0415. The molecular formula is C12H18N2O2S. The van der Waals surface area contributed by atoms with Gasteiger partial charge >= 0.3 is 0 Å². The topological polar surface area (TPSA) is 61.2 Å². The van der Waals surface area contributed by atoms with Crippen LogP contribution in [0.2, 0.25) is 0 Å². The molecule has 94 valence electrons. The fourth-order valence-electron chi connectivity index (χ4n) is 2.09. The molecule has 0 aromatic rings. The van der Waals surface area contributed by atoms with E-state index in [-0.39, 0.29) is 23.0 Å². The van der Waals surface area contributed by atoms with Crippen LogP contribution >= 0.6 is 11.8 Å². The fraction of sp³-hybridized carbons (Fsp3) is 0.750. The second kappa shape index (κ2) is 6.65. The molecule has 0 aromatic heterocycles. The lowest BCUT2D eigenvalue weighted by molar-refractivity contribution is -0.129. The predicted molar refractivity (Wildman–Crippen MR) is 67.3 cm³/mol. The quantitative estimate of drug-likeness (QED) is 0.750. The van der Waals surface area contributed by atoms with Crippen LogP contribution < -0.4 is 0 Å². The Kier molecular flexibility index (Phi) is 5.49. The summed E-state index contributed by atoms with van der Waals surface area (Å²) in [4.78, 5) is 24.5. The van der Waals surface area contributed by atoms with E-state index in [4.69, 9.17) is 5.26 Å². The van der Waals surface area contributed by atoms with Crippen molar-refractivity contribution < 1.29 is 9.59 Å². The van der Waals surface area contributed by atoms with Gasteiger partial charge in [0, 0.05) is 31.7 Å². The van der Waals surface area contributed by atoms with Crippen molar-refractivity contribution in [2.24, 2.45) is 5.92 Å². The van der Waals surface area contributed by atoms with Gasteiger partial charge in [-0.3, -0.25) is 9.59 Å². The summed E-state index contributed by atoms with van der Waals surface area (Å²) >= 11 is 1.28. The van der Waals surface area contributed by atoms with Gasteiger partial charge in [0.1, 0.15) is 0 Å². The van der Waals surface area contributed by atoms with Crippen LogP contribution in [0.3, 0.4) is 0 Å². The van der Waals surface area contributed by atoms with E-state index in [0.29, 0.717) is 25.1 Å². The van der Waals surface area contributed by atoms with Gasteiger partial charge in [0.15, 0.2) is 5.12 Å². The molecule has 1 aliphatic rings. The highest BCUT2D eigenvalue weighted by Crippen LogP contribution is 2.25. The molecule has 0 radical (unpaired) electrons. The molecule has 1 heterocycles. The van der Waals surface area contributed by atoms with Crippen LogP contribution in [0.15, 0.2) is 0 Å². The van der Waals surface area contributed by atoms with E-state index in [1.54, 1.807) is 6.92 Å². The summed E-state index contributed by atoms with van der Waals surface area (Å²) in [5.74, 6) is 1.09. The molecule has 1 saturated heterocycles. The SMILES string of the molecule is CCC(CC#N)N1CC(CSC(C)=O)CC1=O. The monoisotopic (exact) mass is 254 g/mol. The highest BCUT2D eigenvalue weighted by molar-refractivity contribution is 8.13. The van der Waals surface area contributed by atoms with Gasteiger partial charge in [-0.05, 0) is 12.3 Å². The molecule has 0 spiro atoms. The Hall–Kier alpha value is -1.02. The van der Waals surface area contributed by atoms with Gasteiger partial charge in [-0.15, -0.1) is 0 Å². The summed E-state index contributed by atoms with van der Waals surface area (Å²) in [6.45, 7) is 4.23. The standard InChI is InChI=1S/C12H18N2O2S/c1-3-11(4-5-13)14-7-10(6-12(14)16)8-17-9(2)15/h10-11H,3-4,6-8H2,1-2H3. The molecule has 0 saturated carbocycles. The maximum atomic E-state index is 11.8. The van der Waals surface area contributed by atoms with E-state index in [9.17, 15) is 9.59 Å². The molecule has 0 N–H and O–H groups in total. The van der Waals surface area contributed by atoms with Crippen LogP contribution in [0.5, 0.6) is 0 Å². The first kappa shape index (κ1) is 14.0. The molecular weight excluding hydrogens is 236 g/mol. The Morgan fingerprint density at radius 2 is 2.41 bits per heavy atom. The first-order chi connectivity index (χ1) is 8.08. The van der Waals surface area contributed by atoms with Crippen LogP contribution in [0, 0.1) is 17.2 Å². The van der Waals surface area contributed by atoms with Crippen LogP contribution in [0.25, 0.3) is 0 Å². The molecule has 5 heteroatoms. The maximum Gasteiger partial charge on any atom is 0.223 e. The minimum absolute atomic E-state index is 0.0415. The van der Waals surface area contributed by atoms with Gasteiger partial charge in [0.25, 0.3) is 0 Å². The van der Waals surface area contributed by atoms with E-state index in [2.05, 4.69) is 6.07 Å². The van der Waals surface area contributed by atoms with Crippen molar-refractivity contribution >= 4 is 22.8 Å². The zero-order valence-corrected chi connectivity index (χ0v) is 11.1. The number of amides is 1. The fourth-order valence-corrected chi connectivity index (χ4v) is 2.78. The lowest BCUT2D eigenvalue weighted by atomic mass is 10.1. The molecule has 2 unspecified atom stereocenters. The third kappa shape index (κ3) is 4.04. The Balaban J connectivity index is 2.51. The zero-order valence-electron chi connectivity index (χ0n) is 10.3. The van der Waals surface area contributed by atoms with Gasteiger partial charge in [-0.1, -0.05) is 18.7 Å². The van der Waals surface area contributed by atoms with Gasteiger partial charge in [-0.25, -0.2) is 0 Å². The molecule has 2 atom stereocenters. The number of hydrogen-bond donors (Lipinski definition) is 0. The second-order valence-electron chi connectivity index (χ2n) is 4.34. The van der Waals surface area contributed by atoms with Crippen molar-refractivity contribution in [2.45, 2.75) is 39.2 Å². The number of hydrogen-bond acceptors (Lipinski definition) is 4. The lowest BCUT2D eigenvalue weighted by Gasteiger charge is -2.25. The summed E-state index contributed by atoms with van der Waals surface area (Å²) in [6, 6.07) is 2.17. The third-order valence-electron chi connectivity index (χ3n) is 3.00. The molecule has 0 aliphatic carbocycles.